The van der Waals surface area contributed by atoms with E-state index in [0.29, 0.717) is 5.92 Å². The first kappa shape index (κ1) is 14.2. The summed E-state index contributed by atoms with van der Waals surface area (Å²) in [6.07, 6.45) is 3.61. The molecule has 0 saturated carbocycles. The number of hydrogen-bond acceptors (Lipinski definition) is 2. The standard InChI is InChI=1S/C14H25NO2/c1-11(14(2,3)4)9-13(17)15-7-5-12(10-16)6-8-15/h9,12,16H,5-8,10H2,1-4H3. The molecule has 0 aliphatic carbocycles. The molecule has 0 aromatic carbocycles. The lowest BCUT2D eigenvalue weighted by Gasteiger charge is -2.31. The molecule has 3 nitrogen and oxygen atoms in total. The predicted octanol–water partition coefficient (Wildman–Crippen LogP) is 2.21. The van der Waals surface area contributed by atoms with E-state index in [-0.39, 0.29) is 17.9 Å². The van der Waals surface area contributed by atoms with Crippen LogP contribution >= 0.6 is 0 Å². The Kier molecular flexibility index (Phi) is 4.75. The molecule has 1 saturated heterocycles. The fourth-order valence-electron chi connectivity index (χ4n) is 1.83. The fourth-order valence-corrected chi connectivity index (χ4v) is 1.83. The van der Waals surface area contributed by atoms with E-state index in [0.717, 1.165) is 31.5 Å². The van der Waals surface area contributed by atoms with E-state index in [9.17, 15) is 4.79 Å². The highest BCUT2D eigenvalue weighted by atomic mass is 16.3. The van der Waals surface area contributed by atoms with Gasteiger partial charge in [0.2, 0.25) is 5.91 Å². The third-order valence-electron chi connectivity index (χ3n) is 3.71. The van der Waals surface area contributed by atoms with Crippen LogP contribution in [0.3, 0.4) is 0 Å². The Labute approximate surface area is 105 Å². The number of carbonyl (C=O) groups excluding carboxylic acids is 1. The van der Waals surface area contributed by atoms with Gasteiger partial charge in [0, 0.05) is 25.8 Å². The maximum atomic E-state index is 12.0. The molecule has 1 rings (SSSR count). The molecule has 1 amide bonds. The van der Waals surface area contributed by atoms with Crippen LogP contribution < -0.4 is 0 Å². The van der Waals surface area contributed by atoms with Crippen molar-refractivity contribution in [3.05, 3.63) is 11.6 Å². The number of amides is 1. The van der Waals surface area contributed by atoms with Crippen molar-refractivity contribution in [1.29, 1.82) is 0 Å². The molecule has 0 radical (unpaired) electrons. The minimum atomic E-state index is 0.0546. The van der Waals surface area contributed by atoms with Crippen LogP contribution in [0.1, 0.15) is 40.5 Å². The second kappa shape index (κ2) is 5.67. The first-order valence-corrected chi connectivity index (χ1v) is 6.43. The molecule has 17 heavy (non-hydrogen) atoms. The Morgan fingerprint density at radius 2 is 1.88 bits per heavy atom. The Morgan fingerprint density at radius 1 is 1.35 bits per heavy atom. The van der Waals surface area contributed by atoms with Crippen LogP contribution in [0.25, 0.3) is 0 Å². The molecule has 1 aliphatic heterocycles. The second-order valence-corrected chi connectivity index (χ2v) is 6.03. The van der Waals surface area contributed by atoms with Crippen LogP contribution in [0.5, 0.6) is 0 Å². The molecule has 0 aromatic rings. The van der Waals surface area contributed by atoms with Gasteiger partial charge in [0.15, 0.2) is 0 Å². The summed E-state index contributed by atoms with van der Waals surface area (Å²) < 4.78 is 0. The first-order chi connectivity index (χ1) is 7.84. The number of allylic oxidation sites excluding steroid dienone is 1. The van der Waals surface area contributed by atoms with Crippen molar-refractivity contribution >= 4 is 5.91 Å². The van der Waals surface area contributed by atoms with Gasteiger partial charge in [-0.15, -0.1) is 0 Å². The van der Waals surface area contributed by atoms with Gasteiger partial charge in [0.25, 0.3) is 0 Å². The first-order valence-electron chi connectivity index (χ1n) is 6.43. The van der Waals surface area contributed by atoms with E-state index in [1.54, 1.807) is 6.08 Å². The molecule has 1 N–H and O–H groups in total. The molecule has 0 spiro atoms. The van der Waals surface area contributed by atoms with Gasteiger partial charge in [0.05, 0.1) is 0 Å². The van der Waals surface area contributed by atoms with Gasteiger partial charge < -0.3 is 10.0 Å². The van der Waals surface area contributed by atoms with Gasteiger partial charge in [-0.25, -0.2) is 0 Å². The molecular formula is C14H25NO2. The number of aliphatic hydroxyl groups is 1. The van der Waals surface area contributed by atoms with Crippen molar-refractivity contribution in [2.45, 2.75) is 40.5 Å². The van der Waals surface area contributed by atoms with E-state index in [1.807, 2.05) is 11.8 Å². The average Bonchev–Trinajstić information content (AvgIpc) is 2.27. The summed E-state index contributed by atoms with van der Waals surface area (Å²) in [5, 5.41) is 9.05. The lowest BCUT2D eigenvalue weighted by atomic mass is 9.87. The van der Waals surface area contributed by atoms with Crippen LogP contribution in [-0.4, -0.2) is 35.6 Å². The molecule has 0 atom stereocenters. The van der Waals surface area contributed by atoms with Gasteiger partial charge in [-0.3, -0.25) is 4.79 Å². The van der Waals surface area contributed by atoms with Crippen LogP contribution in [0, 0.1) is 11.3 Å². The maximum Gasteiger partial charge on any atom is 0.246 e. The number of likely N-dealkylation sites (tertiary alicyclic amines) is 1. The second-order valence-electron chi connectivity index (χ2n) is 6.03. The smallest absolute Gasteiger partial charge is 0.246 e. The van der Waals surface area contributed by atoms with Crippen LogP contribution in [-0.2, 0) is 4.79 Å². The lowest BCUT2D eigenvalue weighted by Crippen LogP contribution is -2.38. The maximum absolute atomic E-state index is 12.0. The Hall–Kier alpha value is -0.830. The number of piperidine rings is 1. The molecule has 0 aromatic heterocycles. The zero-order valence-electron chi connectivity index (χ0n) is 11.5. The van der Waals surface area contributed by atoms with Crippen molar-refractivity contribution in [2.75, 3.05) is 19.7 Å². The number of rotatable bonds is 2. The van der Waals surface area contributed by atoms with E-state index < -0.39 is 0 Å². The zero-order valence-corrected chi connectivity index (χ0v) is 11.5. The van der Waals surface area contributed by atoms with Crippen molar-refractivity contribution in [3.8, 4) is 0 Å². The highest BCUT2D eigenvalue weighted by Gasteiger charge is 2.22. The monoisotopic (exact) mass is 239 g/mol. The SMILES string of the molecule is CC(=CC(=O)N1CCC(CO)CC1)C(C)(C)C. The summed E-state index contributed by atoms with van der Waals surface area (Å²) in [6.45, 7) is 10.2. The molecule has 1 heterocycles. The molecule has 0 unspecified atom stereocenters. The van der Waals surface area contributed by atoms with Gasteiger partial charge in [-0.1, -0.05) is 26.3 Å². The van der Waals surface area contributed by atoms with Gasteiger partial charge >= 0.3 is 0 Å². The zero-order chi connectivity index (χ0) is 13.1. The number of aliphatic hydroxyl groups excluding tert-OH is 1. The highest BCUT2D eigenvalue weighted by molar-refractivity contribution is 5.88. The lowest BCUT2D eigenvalue weighted by molar-refractivity contribution is -0.127. The van der Waals surface area contributed by atoms with Crippen molar-refractivity contribution in [3.63, 3.8) is 0 Å². The predicted molar refractivity (Wildman–Crippen MR) is 69.6 cm³/mol. The molecular weight excluding hydrogens is 214 g/mol. The summed E-state index contributed by atoms with van der Waals surface area (Å²) in [6, 6.07) is 0. The molecule has 3 heteroatoms. The van der Waals surface area contributed by atoms with E-state index >= 15 is 0 Å². The Bertz CT molecular complexity index is 294. The Balaban J connectivity index is 2.55. The third kappa shape index (κ3) is 4.15. The quantitative estimate of drug-likeness (QED) is 0.751. The normalized spacial score (nSPS) is 19.6. The van der Waals surface area contributed by atoms with Crippen molar-refractivity contribution < 1.29 is 9.90 Å². The molecule has 0 bridgehead atoms. The molecule has 1 aliphatic rings. The number of hydrogen-bond donors (Lipinski definition) is 1. The van der Waals surface area contributed by atoms with E-state index in [1.165, 1.54) is 0 Å². The van der Waals surface area contributed by atoms with Crippen molar-refractivity contribution in [2.24, 2.45) is 11.3 Å². The van der Waals surface area contributed by atoms with E-state index in [4.69, 9.17) is 5.11 Å². The number of carbonyl (C=O) groups is 1. The molecule has 1 fully saturated rings. The minimum Gasteiger partial charge on any atom is -0.396 e. The van der Waals surface area contributed by atoms with Crippen LogP contribution in [0.2, 0.25) is 0 Å². The number of nitrogens with zero attached hydrogens (tertiary/aromatic N) is 1. The van der Waals surface area contributed by atoms with Crippen molar-refractivity contribution in [1.82, 2.24) is 4.90 Å². The summed E-state index contributed by atoms with van der Waals surface area (Å²) in [5.41, 5.74) is 1.17. The largest absolute Gasteiger partial charge is 0.396 e. The van der Waals surface area contributed by atoms with Crippen LogP contribution in [0.15, 0.2) is 11.6 Å². The highest BCUT2D eigenvalue weighted by Crippen LogP contribution is 2.25. The summed E-state index contributed by atoms with van der Waals surface area (Å²) in [5.74, 6) is 0.501. The average molecular weight is 239 g/mol. The third-order valence-corrected chi connectivity index (χ3v) is 3.71. The summed E-state index contributed by atoms with van der Waals surface area (Å²) in [7, 11) is 0. The van der Waals surface area contributed by atoms with Crippen LogP contribution in [0.4, 0.5) is 0 Å². The summed E-state index contributed by atoms with van der Waals surface area (Å²) >= 11 is 0. The topological polar surface area (TPSA) is 40.5 Å². The minimum absolute atomic E-state index is 0.0546. The van der Waals surface area contributed by atoms with Gasteiger partial charge in [-0.2, -0.15) is 0 Å². The van der Waals surface area contributed by atoms with Gasteiger partial charge in [-0.05, 0) is 31.1 Å². The molecule has 98 valence electrons. The summed E-state index contributed by atoms with van der Waals surface area (Å²) in [4.78, 5) is 13.9. The fraction of sp³-hybridized carbons (Fsp3) is 0.786. The van der Waals surface area contributed by atoms with Gasteiger partial charge in [0.1, 0.15) is 0 Å². The Morgan fingerprint density at radius 3 is 2.29 bits per heavy atom. The van der Waals surface area contributed by atoms with E-state index in [2.05, 4.69) is 20.8 Å².